The molecule has 2 N–H and O–H groups in total. The molecule has 0 saturated heterocycles. The summed E-state index contributed by atoms with van der Waals surface area (Å²) in [4.78, 5) is 0. The van der Waals surface area contributed by atoms with Gasteiger partial charge in [0.05, 0.1) is 12.0 Å². The third-order valence-electron chi connectivity index (χ3n) is 3.66. The molecular formula is C15H20N2O. The standard InChI is InChI=1S/C15H20N2O/c1-11(9-12-5-7-14(18)8-6-12)17-15-4-2-3-13(15)10-16/h5-8,11,13,15,17-18H,2-4,9H2,1H3. The van der Waals surface area contributed by atoms with Gasteiger partial charge >= 0.3 is 0 Å². The van der Waals surface area contributed by atoms with E-state index in [0.717, 1.165) is 25.7 Å². The monoisotopic (exact) mass is 244 g/mol. The molecule has 0 radical (unpaired) electrons. The maximum atomic E-state index is 9.24. The number of aromatic hydroxyl groups is 1. The molecule has 1 fully saturated rings. The van der Waals surface area contributed by atoms with Crippen molar-refractivity contribution in [2.24, 2.45) is 5.92 Å². The molecule has 3 atom stereocenters. The first-order valence-electron chi connectivity index (χ1n) is 6.62. The predicted molar refractivity (Wildman–Crippen MR) is 71.2 cm³/mol. The van der Waals surface area contributed by atoms with Crippen LogP contribution < -0.4 is 5.32 Å². The quantitative estimate of drug-likeness (QED) is 0.856. The second-order valence-corrected chi connectivity index (χ2v) is 5.21. The fraction of sp³-hybridized carbons (Fsp3) is 0.533. The SMILES string of the molecule is CC(Cc1ccc(O)cc1)NC1CCCC1C#N. The highest BCUT2D eigenvalue weighted by Gasteiger charge is 2.27. The van der Waals surface area contributed by atoms with Crippen molar-refractivity contribution in [1.29, 1.82) is 5.26 Å². The van der Waals surface area contributed by atoms with Gasteiger partial charge in [-0.15, -0.1) is 0 Å². The largest absolute Gasteiger partial charge is 0.508 e. The second-order valence-electron chi connectivity index (χ2n) is 5.21. The van der Waals surface area contributed by atoms with Gasteiger partial charge in [0.25, 0.3) is 0 Å². The van der Waals surface area contributed by atoms with Crippen LogP contribution in [0.1, 0.15) is 31.7 Å². The van der Waals surface area contributed by atoms with Crippen LogP contribution in [-0.4, -0.2) is 17.2 Å². The minimum absolute atomic E-state index is 0.173. The predicted octanol–water partition coefficient (Wildman–Crippen LogP) is 2.61. The lowest BCUT2D eigenvalue weighted by Gasteiger charge is -2.21. The van der Waals surface area contributed by atoms with E-state index in [9.17, 15) is 5.11 Å². The van der Waals surface area contributed by atoms with Crippen LogP contribution >= 0.6 is 0 Å². The summed E-state index contributed by atoms with van der Waals surface area (Å²) in [5, 5.41) is 21.8. The van der Waals surface area contributed by atoms with Gasteiger partial charge in [-0.1, -0.05) is 18.6 Å². The van der Waals surface area contributed by atoms with Crippen molar-refractivity contribution in [3.05, 3.63) is 29.8 Å². The molecule has 1 aromatic rings. The number of rotatable bonds is 4. The summed E-state index contributed by atoms with van der Waals surface area (Å²) >= 11 is 0. The summed E-state index contributed by atoms with van der Waals surface area (Å²) in [6.07, 6.45) is 4.22. The summed E-state index contributed by atoms with van der Waals surface area (Å²) < 4.78 is 0. The maximum absolute atomic E-state index is 9.24. The molecule has 18 heavy (non-hydrogen) atoms. The normalized spacial score (nSPS) is 24.7. The third kappa shape index (κ3) is 3.24. The van der Waals surface area contributed by atoms with Crippen LogP contribution in [0.3, 0.4) is 0 Å². The van der Waals surface area contributed by atoms with E-state index in [1.165, 1.54) is 5.56 Å². The van der Waals surface area contributed by atoms with Crippen LogP contribution in [0.2, 0.25) is 0 Å². The van der Waals surface area contributed by atoms with Gasteiger partial charge in [-0.25, -0.2) is 0 Å². The molecule has 2 rings (SSSR count). The number of phenols is 1. The Morgan fingerprint density at radius 2 is 2.11 bits per heavy atom. The van der Waals surface area contributed by atoms with Crippen molar-refractivity contribution < 1.29 is 5.11 Å². The minimum atomic E-state index is 0.173. The summed E-state index contributed by atoms with van der Waals surface area (Å²) in [5.74, 6) is 0.479. The Hall–Kier alpha value is -1.53. The molecule has 3 heteroatoms. The van der Waals surface area contributed by atoms with E-state index in [4.69, 9.17) is 5.26 Å². The molecular weight excluding hydrogens is 224 g/mol. The number of phenolic OH excluding ortho intramolecular Hbond substituents is 1. The molecule has 0 heterocycles. The number of benzene rings is 1. The molecule has 1 aliphatic rings. The fourth-order valence-electron chi connectivity index (χ4n) is 2.72. The Kier molecular flexibility index (Phi) is 4.22. The smallest absolute Gasteiger partial charge is 0.115 e. The maximum Gasteiger partial charge on any atom is 0.115 e. The fourth-order valence-corrected chi connectivity index (χ4v) is 2.72. The first kappa shape index (κ1) is 12.9. The van der Waals surface area contributed by atoms with Gasteiger partial charge in [0.2, 0.25) is 0 Å². The van der Waals surface area contributed by atoms with Crippen molar-refractivity contribution in [1.82, 2.24) is 5.32 Å². The molecule has 1 aliphatic carbocycles. The second kappa shape index (κ2) is 5.88. The molecule has 96 valence electrons. The first-order chi connectivity index (χ1) is 8.69. The van der Waals surface area contributed by atoms with Crippen LogP contribution in [0.4, 0.5) is 0 Å². The van der Waals surface area contributed by atoms with Gasteiger partial charge in [-0.3, -0.25) is 0 Å². The molecule has 0 aromatic heterocycles. The van der Waals surface area contributed by atoms with E-state index >= 15 is 0 Å². The zero-order valence-corrected chi connectivity index (χ0v) is 10.8. The summed E-state index contributed by atoms with van der Waals surface area (Å²) in [6.45, 7) is 2.15. The zero-order valence-electron chi connectivity index (χ0n) is 10.8. The highest BCUT2D eigenvalue weighted by atomic mass is 16.3. The lowest BCUT2D eigenvalue weighted by molar-refractivity contribution is 0.408. The zero-order chi connectivity index (χ0) is 13.0. The molecule has 3 nitrogen and oxygen atoms in total. The molecule has 1 saturated carbocycles. The lowest BCUT2D eigenvalue weighted by atomic mass is 10.0. The molecule has 1 aromatic carbocycles. The van der Waals surface area contributed by atoms with E-state index in [-0.39, 0.29) is 5.92 Å². The Morgan fingerprint density at radius 3 is 2.78 bits per heavy atom. The van der Waals surface area contributed by atoms with Crippen LogP contribution in [0, 0.1) is 17.2 Å². The van der Waals surface area contributed by atoms with Crippen LogP contribution in [0.5, 0.6) is 5.75 Å². The van der Waals surface area contributed by atoms with Gasteiger partial charge in [0.1, 0.15) is 5.75 Å². The molecule has 0 bridgehead atoms. The van der Waals surface area contributed by atoms with Gasteiger partial charge in [-0.05, 0) is 43.9 Å². The Balaban J connectivity index is 1.87. The highest BCUT2D eigenvalue weighted by Crippen LogP contribution is 2.25. The number of hydrogen-bond donors (Lipinski definition) is 2. The van der Waals surface area contributed by atoms with E-state index < -0.39 is 0 Å². The van der Waals surface area contributed by atoms with Gasteiger partial charge < -0.3 is 10.4 Å². The van der Waals surface area contributed by atoms with Crippen LogP contribution in [0.25, 0.3) is 0 Å². The van der Waals surface area contributed by atoms with Gasteiger partial charge in [0, 0.05) is 12.1 Å². The van der Waals surface area contributed by atoms with Crippen molar-refractivity contribution in [3.8, 4) is 11.8 Å². The molecule has 0 spiro atoms. The number of nitrogens with zero attached hydrogens (tertiary/aromatic N) is 1. The average Bonchev–Trinajstić information content (AvgIpc) is 2.79. The van der Waals surface area contributed by atoms with Crippen molar-refractivity contribution >= 4 is 0 Å². The first-order valence-corrected chi connectivity index (χ1v) is 6.62. The van der Waals surface area contributed by atoms with E-state index in [1.54, 1.807) is 12.1 Å². The van der Waals surface area contributed by atoms with E-state index in [0.29, 0.717) is 17.8 Å². The number of nitriles is 1. The molecule has 3 unspecified atom stereocenters. The average molecular weight is 244 g/mol. The van der Waals surface area contributed by atoms with Crippen molar-refractivity contribution in [2.45, 2.75) is 44.7 Å². The topological polar surface area (TPSA) is 56.0 Å². The Morgan fingerprint density at radius 1 is 1.39 bits per heavy atom. The summed E-state index contributed by atoms with van der Waals surface area (Å²) in [6, 6.07) is 10.4. The third-order valence-corrected chi connectivity index (χ3v) is 3.66. The number of hydrogen-bond acceptors (Lipinski definition) is 3. The Bertz CT molecular complexity index is 421. The van der Waals surface area contributed by atoms with Gasteiger partial charge in [0.15, 0.2) is 0 Å². The van der Waals surface area contributed by atoms with Crippen molar-refractivity contribution in [3.63, 3.8) is 0 Å². The van der Waals surface area contributed by atoms with Crippen LogP contribution in [0.15, 0.2) is 24.3 Å². The van der Waals surface area contributed by atoms with E-state index in [1.807, 2.05) is 12.1 Å². The number of nitrogens with one attached hydrogen (secondary N) is 1. The molecule has 0 amide bonds. The van der Waals surface area contributed by atoms with Crippen LogP contribution in [-0.2, 0) is 6.42 Å². The minimum Gasteiger partial charge on any atom is -0.508 e. The lowest BCUT2D eigenvalue weighted by Crippen LogP contribution is -2.39. The van der Waals surface area contributed by atoms with Gasteiger partial charge in [-0.2, -0.15) is 5.26 Å². The molecule has 0 aliphatic heterocycles. The van der Waals surface area contributed by atoms with E-state index in [2.05, 4.69) is 18.3 Å². The summed E-state index contributed by atoms with van der Waals surface area (Å²) in [7, 11) is 0. The highest BCUT2D eigenvalue weighted by molar-refractivity contribution is 5.26. The summed E-state index contributed by atoms with van der Waals surface area (Å²) in [5.41, 5.74) is 1.21. The Labute approximate surface area is 108 Å². The van der Waals surface area contributed by atoms with Crippen molar-refractivity contribution in [2.75, 3.05) is 0 Å².